The van der Waals surface area contributed by atoms with E-state index in [2.05, 4.69) is 0 Å². The highest BCUT2D eigenvalue weighted by Crippen LogP contribution is 2.24. The van der Waals surface area contributed by atoms with E-state index in [-0.39, 0.29) is 6.10 Å². The summed E-state index contributed by atoms with van der Waals surface area (Å²) in [4.78, 5) is 12.4. The largest absolute Gasteiger partial charge is 0.445 e. The van der Waals surface area contributed by atoms with Gasteiger partial charge in [0.25, 0.3) is 0 Å². The Hall–Kier alpha value is -1.85. The van der Waals surface area contributed by atoms with Crippen LogP contribution >= 0.6 is 0 Å². The van der Waals surface area contributed by atoms with Crippen molar-refractivity contribution < 1.29 is 18.3 Å². The molecule has 1 saturated heterocycles. The van der Waals surface area contributed by atoms with Crippen molar-refractivity contribution in [2.75, 3.05) is 18.0 Å². The van der Waals surface area contributed by atoms with Gasteiger partial charge in [-0.15, -0.1) is 0 Å². The summed E-state index contributed by atoms with van der Waals surface area (Å²) in [6, 6.07) is 3.43. The lowest BCUT2D eigenvalue weighted by Crippen LogP contribution is -2.41. The second-order valence-electron chi connectivity index (χ2n) is 4.24. The zero-order valence-corrected chi connectivity index (χ0v) is 9.73. The third-order valence-corrected chi connectivity index (χ3v) is 2.91. The average Bonchev–Trinajstić information content (AvgIpc) is 2.28. The lowest BCUT2D eigenvalue weighted by atomic mass is 10.1. The third kappa shape index (κ3) is 2.88. The Bertz CT molecular complexity index is 454. The molecule has 18 heavy (non-hydrogen) atoms. The van der Waals surface area contributed by atoms with E-state index in [9.17, 15) is 13.6 Å². The van der Waals surface area contributed by atoms with E-state index in [1.165, 1.54) is 12.1 Å². The molecule has 1 amide bonds. The van der Waals surface area contributed by atoms with Crippen LogP contribution in [0.1, 0.15) is 12.8 Å². The fraction of sp³-hybridized carbons (Fsp3) is 0.417. The summed E-state index contributed by atoms with van der Waals surface area (Å²) >= 11 is 0. The quantitative estimate of drug-likeness (QED) is 0.880. The Labute approximate surface area is 103 Å². The summed E-state index contributed by atoms with van der Waals surface area (Å²) in [5.74, 6) is -1.23. The number of nitrogens with zero attached hydrogens (tertiary/aromatic N) is 1. The van der Waals surface area contributed by atoms with E-state index in [0.29, 0.717) is 25.2 Å². The molecule has 1 aliphatic heterocycles. The highest BCUT2D eigenvalue weighted by atomic mass is 19.1. The van der Waals surface area contributed by atoms with Crippen molar-refractivity contribution in [2.24, 2.45) is 5.73 Å². The van der Waals surface area contributed by atoms with Crippen LogP contribution in [0.2, 0.25) is 0 Å². The van der Waals surface area contributed by atoms with Gasteiger partial charge >= 0.3 is 6.09 Å². The maximum atomic E-state index is 13.6. The lowest BCUT2D eigenvalue weighted by molar-refractivity contribution is 0.0965. The predicted molar refractivity (Wildman–Crippen MR) is 62.3 cm³/mol. The molecule has 1 unspecified atom stereocenters. The van der Waals surface area contributed by atoms with Crippen LogP contribution in [0, 0.1) is 11.6 Å². The van der Waals surface area contributed by atoms with Crippen LogP contribution < -0.4 is 10.6 Å². The molecule has 2 rings (SSSR count). The van der Waals surface area contributed by atoms with Crippen LogP contribution in [0.15, 0.2) is 18.2 Å². The minimum Gasteiger partial charge on any atom is -0.445 e. The number of piperidine rings is 1. The molecule has 0 bridgehead atoms. The highest BCUT2D eigenvalue weighted by molar-refractivity contribution is 5.65. The second kappa shape index (κ2) is 5.20. The van der Waals surface area contributed by atoms with Crippen molar-refractivity contribution in [2.45, 2.75) is 18.9 Å². The summed E-state index contributed by atoms with van der Waals surface area (Å²) in [6.07, 6.45) is 0.277. The van der Waals surface area contributed by atoms with Gasteiger partial charge in [0.15, 0.2) is 0 Å². The molecule has 0 radical (unpaired) electrons. The van der Waals surface area contributed by atoms with E-state index in [1.54, 1.807) is 4.90 Å². The first-order valence-corrected chi connectivity index (χ1v) is 5.72. The van der Waals surface area contributed by atoms with Gasteiger partial charge in [0.05, 0.1) is 12.2 Å². The van der Waals surface area contributed by atoms with Gasteiger partial charge in [0.2, 0.25) is 0 Å². The van der Waals surface area contributed by atoms with E-state index in [1.807, 2.05) is 0 Å². The first-order chi connectivity index (χ1) is 8.56. The molecule has 1 atom stereocenters. The second-order valence-corrected chi connectivity index (χ2v) is 4.24. The van der Waals surface area contributed by atoms with Gasteiger partial charge in [0, 0.05) is 12.6 Å². The maximum Gasteiger partial charge on any atom is 0.404 e. The first kappa shape index (κ1) is 12.6. The monoisotopic (exact) mass is 256 g/mol. The summed E-state index contributed by atoms with van der Waals surface area (Å²) in [5, 5.41) is 0. The molecule has 0 aliphatic carbocycles. The normalized spacial score (nSPS) is 19.7. The smallest absolute Gasteiger partial charge is 0.404 e. The van der Waals surface area contributed by atoms with E-state index < -0.39 is 17.7 Å². The Balaban J connectivity index is 2.10. The van der Waals surface area contributed by atoms with Crippen molar-refractivity contribution in [3.63, 3.8) is 0 Å². The van der Waals surface area contributed by atoms with Gasteiger partial charge in [-0.05, 0) is 25.0 Å². The first-order valence-electron chi connectivity index (χ1n) is 5.72. The van der Waals surface area contributed by atoms with Crippen LogP contribution in [-0.2, 0) is 4.74 Å². The van der Waals surface area contributed by atoms with Crippen molar-refractivity contribution >= 4 is 11.8 Å². The molecule has 0 spiro atoms. The Kier molecular flexibility index (Phi) is 3.64. The minimum absolute atomic E-state index is 0.314. The van der Waals surface area contributed by atoms with E-state index in [0.717, 1.165) is 12.5 Å². The number of hydrogen-bond acceptors (Lipinski definition) is 3. The number of nitrogens with two attached hydrogens (primary N) is 1. The SMILES string of the molecule is NC(=O)OC1CCCN(c2ccc(F)cc2F)C1. The number of amides is 1. The number of ether oxygens (including phenoxy) is 1. The van der Waals surface area contributed by atoms with Crippen molar-refractivity contribution in [1.29, 1.82) is 0 Å². The molecule has 1 aromatic rings. The molecule has 1 fully saturated rings. The summed E-state index contributed by atoms with van der Waals surface area (Å²) in [5.41, 5.74) is 5.27. The molecular formula is C12H14F2N2O2. The number of anilines is 1. The molecule has 1 aromatic carbocycles. The zero-order chi connectivity index (χ0) is 13.1. The number of halogens is 2. The van der Waals surface area contributed by atoms with Crippen LogP contribution in [0.5, 0.6) is 0 Å². The number of primary amides is 1. The fourth-order valence-electron chi connectivity index (χ4n) is 2.16. The molecule has 0 aromatic heterocycles. The molecule has 98 valence electrons. The number of rotatable bonds is 2. The summed E-state index contributed by atoms with van der Waals surface area (Å²) < 4.78 is 31.3. The van der Waals surface area contributed by atoms with Gasteiger partial charge in [-0.3, -0.25) is 0 Å². The van der Waals surface area contributed by atoms with Gasteiger partial charge in [-0.2, -0.15) is 0 Å². The summed E-state index contributed by atoms with van der Waals surface area (Å²) in [6.45, 7) is 1.01. The Morgan fingerprint density at radius 1 is 1.44 bits per heavy atom. The number of benzene rings is 1. The Morgan fingerprint density at radius 3 is 2.89 bits per heavy atom. The van der Waals surface area contributed by atoms with Crippen LogP contribution in [-0.4, -0.2) is 25.3 Å². The van der Waals surface area contributed by atoms with Gasteiger partial charge in [-0.25, -0.2) is 13.6 Å². The van der Waals surface area contributed by atoms with E-state index >= 15 is 0 Å². The van der Waals surface area contributed by atoms with Crippen molar-refractivity contribution in [3.8, 4) is 0 Å². The summed E-state index contributed by atoms with van der Waals surface area (Å²) in [7, 11) is 0. The molecule has 0 saturated carbocycles. The van der Waals surface area contributed by atoms with Crippen LogP contribution in [0.25, 0.3) is 0 Å². The minimum atomic E-state index is -0.832. The number of carbonyl (C=O) groups is 1. The van der Waals surface area contributed by atoms with Crippen LogP contribution in [0.4, 0.5) is 19.3 Å². The molecule has 1 aliphatic rings. The molecule has 6 heteroatoms. The van der Waals surface area contributed by atoms with Gasteiger partial charge in [-0.1, -0.05) is 0 Å². The number of hydrogen-bond donors (Lipinski definition) is 1. The zero-order valence-electron chi connectivity index (χ0n) is 9.73. The van der Waals surface area contributed by atoms with Crippen LogP contribution in [0.3, 0.4) is 0 Å². The lowest BCUT2D eigenvalue weighted by Gasteiger charge is -2.33. The Morgan fingerprint density at radius 2 is 2.22 bits per heavy atom. The van der Waals surface area contributed by atoms with E-state index in [4.69, 9.17) is 10.5 Å². The van der Waals surface area contributed by atoms with Crippen molar-refractivity contribution in [1.82, 2.24) is 0 Å². The number of carbonyl (C=O) groups excluding carboxylic acids is 1. The average molecular weight is 256 g/mol. The maximum absolute atomic E-state index is 13.6. The van der Waals surface area contributed by atoms with Gasteiger partial charge < -0.3 is 15.4 Å². The standard InChI is InChI=1S/C12H14F2N2O2/c13-8-3-4-11(10(14)6-8)16-5-1-2-9(7-16)18-12(15)17/h3-4,6,9H,1-2,5,7H2,(H2,15,17). The topological polar surface area (TPSA) is 55.6 Å². The van der Waals surface area contributed by atoms with Gasteiger partial charge in [0.1, 0.15) is 17.7 Å². The predicted octanol–water partition coefficient (Wildman–Crippen LogP) is 2.03. The molecule has 4 nitrogen and oxygen atoms in total. The molecule has 2 N–H and O–H groups in total. The fourth-order valence-corrected chi connectivity index (χ4v) is 2.16. The molecular weight excluding hydrogens is 242 g/mol. The third-order valence-electron chi connectivity index (χ3n) is 2.91. The highest BCUT2D eigenvalue weighted by Gasteiger charge is 2.24. The van der Waals surface area contributed by atoms with Crippen molar-refractivity contribution in [3.05, 3.63) is 29.8 Å². The molecule has 1 heterocycles.